The summed E-state index contributed by atoms with van der Waals surface area (Å²) >= 11 is 0. The van der Waals surface area contributed by atoms with Crippen LogP contribution in [0.4, 0.5) is 5.69 Å². The number of benzene rings is 2. The van der Waals surface area contributed by atoms with Gasteiger partial charge in [-0.05, 0) is 36.2 Å². The van der Waals surface area contributed by atoms with E-state index in [1.165, 1.54) is 18.2 Å². The molecule has 96 valence electrons. The predicted octanol–water partition coefficient (Wildman–Crippen LogP) is 3.27. The second-order valence-electron chi connectivity index (χ2n) is 4.16. The summed E-state index contributed by atoms with van der Waals surface area (Å²) in [5, 5.41) is 19.9. The molecule has 0 aliphatic heterocycles. The number of hydrogen-bond acceptors (Lipinski definition) is 3. The van der Waals surface area contributed by atoms with E-state index in [1.54, 1.807) is 31.2 Å². The van der Waals surface area contributed by atoms with Crippen LogP contribution in [-0.4, -0.2) is 16.0 Å². The fourth-order valence-electron chi connectivity index (χ4n) is 1.83. The molecule has 0 aliphatic rings. The third kappa shape index (κ3) is 2.60. The zero-order chi connectivity index (χ0) is 14.0. The molecule has 0 aliphatic carbocycles. The number of hydrogen-bond donors (Lipinski definition) is 1. The lowest BCUT2D eigenvalue weighted by atomic mass is 10.0. The van der Waals surface area contributed by atoms with Crippen LogP contribution in [0.5, 0.6) is 0 Å². The van der Waals surface area contributed by atoms with E-state index in [1.807, 2.05) is 0 Å². The smallest absolute Gasteiger partial charge is 0.335 e. The second-order valence-corrected chi connectivity index (χ2v) is 4.16. The number of carboxylic acid groups (broad SMARTS) is 1. The Bertz CT molecular complexity index is 647. The number of nitro benzene ring substituents is 1. The third-order valence-electron chi connectivity index (χ3n) is 2.79. The predicted molar refractivity (Wildman–Crippen MR) is 70.2 cm³/mol. The van der Waals surface area contributed by atoms with Gasteiger partial charge in [0.25, 0.3) is 5.69 Å². The Labute approximate surface area is 109 Å². The van der Waals surface area contributed by atoms with Crippen LogP contribution >= 0.6 is 0 Å². The highest BCUT2D eigenvalue weighted by Crippen LogP contribution is 2.30. The standard InChI is InChI=1S/C14H11NO4/c1-9-2-7-12(13(8-9)15(18)19)10-3-5-11(6-4-10)14(16)17/h2-8H,1H3,(H,16,17). The van der Waals surface area contributed by atoms with Gasteiger partial charge in [-0.1, -0.05) is 18.2 Å². The molecular formula is C14H11NO4. The number of rotatable bonds is 3. The maximum absolute atomic E-state index is 11.0. The highest BCUT2D eigenvalue weighted by Gasteiger charge is 2.15. The van der Waals surface area contributed by atoms with Crippen molar-refractivity contribution in [2.24, 2.45) is 0 Å². The van der Waals surface area contributed by atoms with Crippen LogP contribution in [0.1, 0.15) is 15.9 Å². The number of nitrogens with zero attached hydrogens (tertiary/aromatic N) is 1. The molecule has 1 N–H and O–H groups in total. The molecule has 5 nitrogen and oxygen atoms in total. The molecule has 0 spiro atoms. The Hall–Kier alpha value is -2.69. The molecule has 19 heavy (non-hydrogen) atoms. The van der Waals surface area contributed by atoms with Gasteiger partial charge in [0, 0.05) is 6.07 Å². The van der Waals surface area contributed by atoms with Crippen molar-refractivity contribution < 1.29 is 14.8 Å². The van der Waals surface area contributed by atoms with Gasteiger partial charge in [-0.15, -0.1) is 0 Å². The minimum absolute atomic E-state index is 0.0167. The SMILES string of the molecule is Cc1ccc(-c2ccc(C(=O)O)cc2)c([N+](=O)[O-])c1. The van der Waals surface area contributed by atoms with Crippen molar-refractivity contribution in [3.05, 3.63) is 63.7 Å². The number of aromatic carboxylic acids is 1. The van der Waals surface area contributed by atoms with Crippen LogP contribution in [0.3, 0.4) is 0 Å². The number of nitro groups is 1. The molecule has 0 amide bonds. The van der Waals surface area contributed by atoms with Gasteiger partial charge in [-0.25, -0.2) is 4.79 Å². The Balaban J connectivity index is 2.52. The highest BCUT2D eigenvalue weighted by molar-refractivity contribution is 5.88. The molecule has 0 aromatic heterocycles. The third-order valence-corrected chi connectivity index (χ3v) is 2.79. The molecule has 0 bridgehead atoms. The van der Waals surface area contributed by atoms with Gasteiger partial charge in [0.05, 0.1) is 16.1 Å². The van der Waals surface area contributed by atoms with Gasteiger partial charge < -0.3 is 5.11 Å². The molecule has 0 atom stereocenters. The fraction of sp³-hybridized carbons (Fsp3) is 0.0714. The number of carboxylic acids is 1. The van der Waals surface area contributed by atoms with Crippen LogP contribution in [-0.2, 0) is 0 Å². The maximum Gasteiger partial charge on any atom is 0.335 e. The fourth-order valence-corrected chi connectivity index (χ4v) is 1.83. The summed E-state index contributed by atoms with van der Waals surface area (Å²) in [5.74, 6) is -1.02. The van der Waals surface area contributed by atoms with Crippen molar-refractivity contribution in [2.75, 3.05) is 0 Å². The van der Waals surface area contributed by atoms with E-state index in [0.29, 0.717) is 11.1 Å². The topological polar surface area (TPSA) is 80.4 Å². The normalized spacial score (nSPS) is 10.2. The summed E-state index contributed by atoms with van der Waals surface area (Å²) in [6.07, 6.45) is 0. The Morgan fingerprint density at radius 2 is 1.79 bits per heavy atom. The van der Waals surface area contributed by atoms with Crippen LogP contribution in [0.25, 0.3) is 11.1 Å². The molecular weight excluding hydrogens is 246 g/mol. The van der Waals surface area contributed by atoms with Crippen molar-refractivity contribution >= 4 is 11.7 Å². The minimum atomic E-state index is -1.02. The van der Waals surface area contributed by atoms with E-state index in [9.17, 15) is 14.9 Å². The molecule has 2 aromatic rings. The zero-order valence-electron chi connectivity index (χ0n) is 10.2. The average molecular weight is 257 g/mol. The highest BCUT2D eigenvalue weighted by atomic mass is 16.6. The number of aryl methyl sites for hydroxylation is 1. The molecule has 0 saturated heterocycles. The lowest BCUT2D eigenvalue weighted by Gasteiger charge is -2.04. The van der Waals surface area contributed by atoms with Crippen LogP contribution < -0.4 is 0 Å². The first-order valence-electron chi connectivity index (χ1n) is 5.58. The first-order chi connectivity index (χ1) is 8.99. The van der Waals surface area contributed by atoms with E-state index in [2.05, 4.69) is 0 Å². The van der Waals surface area contributed by atoms with Crippen molar-refractivity contribution in [1.82, 2.24) is 0 Å². The van der Waals surface area contributed by atoms with Crippen LogP contribution in [0, 0.1) is 17.0 Å². The minimum Gasteiger partial charge on any atom is -0.478 e. The monoisotopic (exact) mass is 257 g/mol. The molecule has 0 unspecified atom stereocenters. The Morgan fingerprint density at radius 1 is 1.16 bits per heavy atom. The largest absolute Gasteiger partial charge is 0.478 e. The van der Waals surface area contributed by atoms with E-state index in [0.717, 1.165) is 5.56 Å². The first-order valence-corrected chi connectivity index (χ1v) is 5.58. The summed E-state index contributed by atoms with van der Waals surface area (Å²) in [5.41, 5.74) is 2.07. The summed E-state index contributed by atoms with van der Waals surface area (Å²) in [6, 6.07) is 11.0. The molecule has 0 heterocycles. The molecule has 0 fully saturated rings. The number of carbonyl (C=O) groups is 1. The van der Waals surface area contributed by atoms with E-state index in [-0.39, 0.29) is 11.3 Å². The van der Waals surface area contributed by atoms with Crippen molar-refractivity contribution in [3.63, 3.8) is 0 Å². The summed E-state index contributed by atoms with van der Waals surface area (Å²) in [7, 11) is 0. The summed E-state index contributed by atoms with van der Waals surface area (Å²) in [4.78, 5) is 21.4. The van der Waals surface area contributed by atoms with Gasteiger partial charge in [-0.3, -0.25) is 10.1 Å². The van der Waals surface area contributed by atoms with Crippen molar-refractivity contribution in [1.29, 1.82) is 0 Å². The van der Waals surface area contributed by atoms with Gasteiger partial charge in [0.1, 0.15) is 0 Å². The summed E-state index contributed by atoms with van der Waals surface area (Å²) in [6.45, 7) is 1.78. The van der Waals surface area contributed by atoms with Crippen LogP contribution in [0.15, 0.2) is 42.5 Å². The average Bonchev–Trinajstić information content (AvgIpc) is 2.38. The first kappa shape index (κ1) is 12.8. The van der Waals surface area contributed by atoms with Crippen LogP contribution in [0.2, 0.25) is 0 Å². The quantitative estimate of drug-likeness (QED) is 0.675. The van der Waals surface area contributed by atoms with Crippen molar-refractivity contribution in [3.8, 4) is 11.1 Å². The lowest BCUT2D eigenvalue weighted by Crippen LogP contribution is -1.96. The Morgan fingerprint density at radius 3 is 2.32 bits per heavy atom. The zero-order valence-corrected chi connectivity index (χ0v) is 10.2. The van der Waals surface area contributed by atoms with Crippen molar-refractivity contribution in [2.45, 2.75) is 6.92 Å². The Kier molecular flexibility index (Phi) is 3.29. The van der Waals surface area contributed by atoms with E-state index < -0.39 is 10.9 Å². The van der Waals surface area contributed by atoms with Gasteiger partial charge in [0.15, 0.2) is 0 Å². The molecule has 0 radical (unpaired) electrons. The molecule has 5 heteroatoms. The molecule has 2 rings (SSSR count). The van der Waals surface area contributed by atoms with Gasteiger partial charge in [-0.2, -0.15) is 0 Å². The van der Waals surface area contributed by atoms with E-state index in [4.69, 9.17) is 5.11 Å². The molecule has 0 saturated carbocycles. The van der Waals surface area contributed by atoms with Gasteiger partial charge >= 0.3 is 5.97 Å². The molecule has 2 aromatic carbocycles. The van der Waals surface area contributed by atoms with Gasteiger partial charge in [0.2, 0.25) is 0 Å². The second kappa shape index (κ2) is 4.89. The van der Waals surface area contributed by atoms with E-state index >= 15 is 0 Å². The maximum atomic E-state index is 11.0. The summed E-state index contributed by atoms with van der Waals surface area (Å²) < 4.78 is 0. The lowest BCUT2D eigenvalue weighted by molar-refractivity contribution is -0.384.